The molecule has 7 nitrogen and oxygen atoms in total. The molecule has 1 fully saturated rings. The van der Waals surface area contributed by atoms with E-state index in [0.29, 0.717) is 30.6 Å². The van der Waals surface area contributed by atoms with E-state index in [-0.39, 0.29) is 53.1 Å². The van der Waals surface area contributed by atoms with Crippen molar-refractivity contribution in [3.63, 3.8) is 0 Å². The monoisotopic (exact) mass is 429 g/mol. The number of aliphatic carboxylic acids is 1. The number of fused-ring (bicyclic) bond motifs is 2. The molecule has 9 heteroatoms. The van der Waals surface area contributed by atoms with Crippen LogP contribution in [-0.4, -0.2) is 45.2 Å². The van der Waals surface area contributed by atoms with Gasteiger partial charge in [0.15, 0.2) is 0 Å². The zero-order valence-electron chi connectivity index (χ0n) is 16.3. The largest absolute Gasteiger partial charge is 1.00 e. The molecule has 1 saturated heterocycles. The summed E-state index contributed by atoms with van der Waals surface area (Å²) in [6, 6.07) is 5.32. The summed E-state index contributed by atoms with van der Waals surface area (Å²) in [7, 11) is 0. The van der Waals surface area contributed by atoms with Crippen molar-refractivity contribution in [1.82, 2.24) is 14.8 Å². The Morgan fingerprint density at radius 2 is 2.17 bits per heavy atom. The number of thiophene rings is 1. The predicted molar refractivity (Wildman–Crippen MR) is 103 cm³/mol. The van der Waals surface area contributed by atoms with Crippen LogP contribution in [0.15, 0.2) is 47.9 Å². The number of pyridine rings is 1. The Morgan fingerprint density at radius 1 is 1.33 bits per heavy atom. The number of carboxylic acids is 1. The van der Waals surface area contributed by atoms with Crippen molar-refractivity contribution in [2.75, 3.05) is 6.54 Å². The summed E-state index contributed by atoms with van der Waals surface area (Å²) in [6.07, 6.45) is 7.88. The Kier molecular flexibility index (Phi) is 5.67. The van der Waals surface area contributed by atoms with Crippen LogP contribution in [0.5, 0.6) is 0 Å². The molecule has 0 aromatic carbocycles. The maximum absolute atomic E-state index is 12.7. The Balaban J connectivity index is 0.00000218. The Hall–Kier alpha value is -2.26. The van der Waals surface area contributed by atoms with Gasteiger partial charge in [-0.3, -0.25) is 19.5 Å². The number of amides is 2. The van der Waals surface area contributed by atoms with Crippen molar-refractivity contribution in [3.05, 3.63) is 68.8 Å². The molecule has 1 unspecified atom stereocenters. The summed E-state index contributed by atoms with van der Waals surface area (Å²) in [6.45, 7) is 1.17. The number of β-lactam (4-membered cyclic amide) rings is 1. The number of nitrogens with zero attached hydrogens (tertiary/aromatic N) is 3. The summed E-state index contributed by atoms with van der Waals surface area (Å²) in [5.41, 5.74) is 2.26. The second-order valence-electron chi connectivity index (χ2n) is 7.22. The number of aromatic nitrogens is 1. The van der Waals surface area contributed by atoms with Gasteiger partial charge in [-0.05, 0) is 42.7 Å². The SMILES string of the molecule is O=C([O-])C1=CCC2/C(=C\c3cc4c(s3)CCN(C(=O)c3cccnc3)C4)C(=O)N12.[Na+]. The van der Waals surface area contributed by atoms with E-state index in [0.717, 1.165) is 16.9 Å². The van der Waals surface area contributed by atoms with Crippen LogP contribution in [0.3, 0.4) is 0 Å². The van der Waals surface area contributed by atoms with E-state index < -0.39 is 5.97 Å². The first kappa shape index (κ1) is 21.0. The minimum atomic E-state index is -1.31. The average Bonchev–Trinajstić information content (AvgIpc) is 3.33. The van der Waals surface area contributed by atoms with Crippen LogP contribution in [0.2, 0.25) is 0 Å². The maximum atomic E-state index is 12.7. The van der Waals surface area contributed by atoms with E-state index >= 15 is 0 Å². The summed E-state index contributed by atoms with van der Waals surface area (Å²) in [4.78, 5) is 45.4. The predicted octanol–water partition coefficient (Wildman–Crippen LogP) is -2.02. The maximum Gasteiger partial charge on any atom is 1.00 e. The van der Waals surface area contributed by atoms with Crippen molar-refractivity contribution >= 4 is 35.2 Å². The Morgan fingerprint density at radius 3 is 2.90 bits per heavy atom. The van der Waals surface area contributed by atoms with Gasteiger partial charge in [-0.15, -0.1) is 11.3 Å². The molecule has 0 N–H and O–H groups in total. The van der Waals surface area contributed by atoms with Gasteiger partial charge < -0.3 is 14.8 Å². The van der Waals surface area contributed by atoms with Gasteiger partial charge in [0.25, 0.3) is 11.8 Å². The van der Waals surface area contributed by atoms with Gasteiger partial charge in [0.1, 0.15) is 0 Å². The first-order valence-corrected chi connectivity index (χ1v) is 10.1. The topological polar surface area (TPSA) is 93.6 Å². The minimum Gasteiger partial charge on any atom is -0.543 e. The van der Waals surface area contributed by atoms with Gasteiger partial charge in [-0.25, -0.2) is 0 Å². The van der Waals surface area contributed by atoms with E-state index in [1.54, 1.807) is 41.9 Å². The van der Waals surface area contributed by atoms with E-state index in [4.69, 9.17) is 0 Å². The van der Waals surface area contributed by atoms with E-state index in [1.807, 2.05) is 17.0 Å². The fourth-order valence-corrected chi connectivity index (χ4v) is 5.21. The fraction of sp³-hybridized carbons (Fsp3) is 0.238. The third kappa shape index (κ3) is 3.43. The Labute approximate surface area is 199 Å². The molecule has 2 aromatic rings. The molecule has 0 bridgehead atoms. The van der Waals surface area contributed by atoms with Crippen molar-refractivity contribution in [2.45, 2.75) is 25.4 Å². The zero-order valence-corrected chi connectivity index (χ0v) is 19.1. The second-order valence-corrected chi connectivity index (χ2v) is 8.39. The molecule has 30 heavy (non-hydrogen) atoms. The van der Waals surface area contributed by atoms with Crippen LogP contribution in [0.25, 0.3) is 6.08 Å². The molecule has 5 rings (SSSR count). The number of carbonyl (C=O) groups excluding carboxylic acids is 3. The number of rotatable bonds is 3. The van der Waals surface area contributed by atoms with Crippen LogP contribution >= 0.6 is 11.3 Å². The van der Waals surface area contributed by atoms with Gasteiger partial charge in [0, 0.05) is 40.8 Å². The molecule has 0 radical (unpaired) electrons. The second kappa shape index (κ2) is 8.11. The summed E-state index contributed by atoms with van der Waals surface area (Å²) in [5, 5.41) is 11.1. The number of hydrogen-bond acceptors (Lipinski definition) is 6. The fourth-order valence-electron chi connectivity index (χ4n) is 4.09. The first-order chi connectivity index (χ1) is 14.0. The summed E-state index contributed by atoms with van der Waals surface area (Å²) in [5.74, 6) is -1.63. The third-order valence-electron chi connectivity index (χ3n) is 5.52. The van der Waals surface area contributed by atoms with Crippen LogP contribution in [0, 0.1) is 0 Å². The molecule has 0 spiro atoms. The molecule has 2 amide bonds. The van der Waals surface area contributed by atoms with Gasteiger partial charge in [0.2, 0.25) is 0 Å². The summed E-state index contributed by atoms with van der Waals surface area (Å²) >= 11 is 1.62. The minimum absolute atomic E-state index is 0. The molecule has 2 aromatic heterocycles. The van der Waals surface area contributed by atoms with Crippen molar-refractivity contribution in [1.29, 1.82) is 0 Å². The van der Waals surface area contributed by atoms with Gasteiger partial charge in [0.05, 0.1) is 23.3 Å². The van der Waals surface area contributed by atoms with Crippen molar-refractivity contribution in [2.24, 2.45) is 0 Å². The molecule has 3 aliphatic heterocycles. The first-order valence-electron chi connectivity index (χ1n) is 9.30. The molecule has 5 heterocycles. The molecule has 3 aliphatic rings. The molecular formula is C21H16N3NaO4S. The standard InChI is InChI=1S/C21H17N3O4S.Na/c25-19(12-2-1-6-22-10-12)23-7-5-18-13(11-23)8-14(29-18)9-15-16-3-4-17(21(27)28)24(16)20(15)26;/h1-2,4,6,8-10,16H,3,5,7,11H2,(H,27,28);/q;+1/p-1/b15-9+;. The molecule has 1 atom stereocenters. The number of carbonyl (C=O) groups is 3. The van der Waals surface area contributed by atoms with Gasteiger partial charge in [-0.2, -0.15) is 0 Å². The smallest absolute Gasteiger partial charge is 0.543 e. The van der Waals surface area contributed by atoms with E-state index in [1.165, 1.54) is 9.78 Å². The van der Waals surface area contributed by atoms with Crippen LogP contribution in [0.4, 0.5) is 0 Å². The third-order valence-corrected chi connectivity index (χ3v) is 6.70. The van der Waals surface area contributed by atoms with Gasteiger partial charge in [-0.1, -0.05) is 6.08 Å². The van der Waals surface area contributed by atoms with Gasteiger partial charge >= 0.3 is 29.6 Å². The Bertz CT molecular complexity index is 1110. The van der Waals surface area contributed by atoms with Crippen molar-refractivity contribution < 1.29 is 49.0 Å². The molecule has 146 valence electrons. The average molecular weight is 429 g/mol. The van der Waals surface area contributed by atoms with Crippen molar-refractivity contribution in [3.8, 4) is 0 Å². The molecule has 0 aliphatic carbocycles. The zero-order chi connectivity index (χ0) is 20.1. The van der Waals surface area contributed by atoms with E-state index in [9.17, 15) is 19.5 Å². The molecular weight excluding hydrogens is 413 g/mol. The normalized spacial score (nSPS) is 20.8. The van der Waals surface area contributed by atoms with Crippen LogP contribution in [-0.2, 0) is 22.6 Å². The molecule has 0 saturated carbocycles. The number of hydrogen-bond donors (Lipinski definition) is 0. The number of carboxylic acid groups (broad SMARTS) is 1. The quantitative estimate of drug-likeness (QED) is 0.319. The van der Waals surface area contributed by atoms with Crippen LogP contribution < -0.4 is 34.7 Å². The summed E-state index contributed by atoms with van der Waals surface area (Å²) < 4.78 is 0. The van der Waals surface area contributed by atoms with Crippen LogP contribution in [0.1, 0.15) is 32.1 Å². The van der Waals surface area contributed by atoms with E-state index in [2.05, 4.69) is 4.98 Å².